The highest BCUT2D eigenvalue weighted by molar-refractivity contribution is 6.05. The number of aryl methyl sites for hydroxylation is 3. The average molecular weight is 339 g/mol. The molecule has 0 radical (unpaired) electrons. The maximum absolute atomic E-state index is 12.5. The van der Waals surface area contributed by atoms with Crippen LogP contribution in [0.25, 0.3) is 0 Å². The Morgan fingerprint density at radius 3 is 2.28 bits per heavy atom. The highest BCUT2D eigenvalue weighted by Gasteiger charge is 2.14. The van der Waals surface area contributed by atoms with E-state index in [4.69, 9.17) is 0 Å². The lowest BCUT2D eigenvalue weighted by Crippen LogP contribution is -2.27. The summed E-state index contributed by atoms with van der Waals surface area (Å²) in [5, 5.41) is 5.75. The van der Waals surface area contributed by atoms with E-state index in [0.29, 0.717) is 18.0 Å². The fourth-order valence-electron chi connectivity index (χ4n) is 2.65. The van der Waals surface area contributed by atoms with Crippen molar-refractivity contribution in [1.29, 1.82) is 0 Å². The molecule has 1 heterocycles. The van der Waals surface area contributed by atoms with Crippen molar-refractivity contribution in [2.75, 3.05) is 11.9 Å². The monoisotopic (exact) mass is 339 g/mol. The van der Waals surface area contributed by atoms with Crippen LogP contribution in [0.1, 0.15) is 51.4 Å². The molecule has 0 aliphatic rings. The third-order valence-electron chi connectivity index (χ3n) is 3.84. The summed E-state index contributed by atoms with van der Waals surface area (Å²) >= 11 is 0. The number of aromatic nitrogens is 1. The van der Waals surface area contributed by atoms with Crippen LogP contribution in [0.5, 0.6) is 0 Å². The number of carbonyl (C=O) groups excluding carboxylic acids is 2. The summed E-state index contributed by atoms with van der Waals surface area (Å²) in [7, 11) is 0. The molecule has 0 bridgehead atoms. The van der Waals surface area contributed by atoms with Crippen LogP contribution in [0.4, 0.5) is 5.69 Å². The number of nitrogens with zero attached hydrogens (tertiary/aromatic N) is 1. The molecule has 0 aliphatic heterocycles. The Kier molecular flexibility index (Phi) is 5.91. The van der Waals surface area contributed by atoms with Crippen LogP contribution < -0.4 is 10.6 Å². The Labute approximate surface area is 148 Å². The Morgan fingerprint density at radius 2 is 1.68 bits per heavy atom. The van der Waals surface area contributed by atoms with Gasteiger partial charge in [0.05, 0.1) is 0 Å². The standard InChI is InChI=1S/C20H25N3O2/c1-12(2)11-22-19(24)16-6-7-21-17(10-16)20(25)23-18-14(4)8-13(3)9-15(18)5/h6-10,12H,11H2,1-5H3,(H,22,24)(H,23,25). The van der Waals surface area contributed by atoms with E-state index in [0.717, 1.165) is 22.4 Å². The topological polar surface area (TPSA) is 71.1 Å². The van der Waals surface area contributed by atoms with E-state index in [1.54, 1.807) is 6.07 Å². The average Bonchev–Trinajstić information content (AvgIpc) is 2.55. The van der Waals surface area contributed by atoms with Gasteiger partial charge < -0.3 is 10.6 Å². The SMILES string of the molecule is Cc1cc(C)c(NC(=O)c2cc(C(=O)NCC(C)C)ccn2)c(C)c1. The summed E-state index contributed by atoms with van der Waals surface area (Å²) in [5.74, 6) is -0.164. The van der Waals surface area contributed by atoms with Gasteiger partial charge in [-0.05, 0) is 49.9 Å². The lowest BCUT2D eigenvalue weighted by Gasteiger charge is -2.13. The van der Waals surface area contributed by atoms with Crippen molar-refractivity contribution >= 4 is 17.5 Å². The van der Waals surface area contributed by atoms with Crippen LogP contribution in [0.15, 0.2) is 30.5 Å². The summed E-state index contributed by atoms with van der Waals surface area (Å²) in [6.45, 7) is 10.6. The molecular formula is C20H25N3O2. The van der Waals surface area contributed by atoms with Gasteiger partial charge in [-0.3, -0.25) is 14.6 Å². The molecule has 0 saturated heterocycles. The van der Waals surface area contributed by atoms with Gasteiger partial charge in [0.1, 0.15) is 5.69 Å². The second-order valence-corrected chi connectivity index (χ2v) is 6.76. The molecule has 0 atom stereocenters. The summed E-state index contributed by atoms with van der Waals surface area (Å²) in [5.41, 5.74) is 4.57. The van der Waals surface area contributed by atoms with Crippen molar-refractivity contribution < 1.29 is 9.59 Å². The van der Waals surface area contributed by atoms with Gasteiger partial charge in [0, 0.05) is 24.0 Å². The normalized spacial score (nSPS) is 10.6. The van der Waals surface area contributed by atoms with Gasteiger partial charge in [-0.1, -0.05) is 31.5 Å². The van der Waals surface area contributed by atoms with E-state index in [1.807, 2.05) is 46.8 Å². The second kappa shape index (κ2) is 7.92. The Morgan fingerprint density at radius 1 is 1.04 bits per heavy atom. The largest absolute Gasteiger partial charge is 0.352 e. The van der Waals surface area contributed by atoms with E-state index >= 15 is 0 Å². The van der Waals surface area contributed by atoms with Crippen molar-refractivity contribution in [2.24, 2.45) is 5.92 Å². The number of pyridine rings is 1. The Bertz CT molecular complexity index is 774. The molecule has 2 aromatic rings. The quantitative estimate of drug-likeness (QED) is 0.873. The molecule has 5 heteroatoms. The van der Waals surface area contributed by atoms with Crippen molar-refractivity contribution in [3.63, 3.8) is 0 Å². The molecule has 0 fully saturated rings. The van der Waals surface area contributed by atoms with Crippen LogP contribution in [0.3, 0.4) is 0 Å². The summed E-state index contributed by atoms with van der Waals surface area (Å²) in [6, 6.07) is 7.16. The zero-order valence-corrected chi connectivity index (χ0v) is 15.4. The van der Waals surface area contributed by atoms with E-state index in [2.05, 4.69) is 15.6 Å². The van der Waals surface area contributed by atoms with Gasteiger partial charge in [0.15, 0.2) is 0 Å². The number of hydrogen-bond acceptors (Lipinski definition) is 3. The molecule has 2 amide bonds. The number of amides is 2. The van der Waals surface area contributed by atoms with Crippen LogP contribution in [-0.2, 0) is 0 Å². The fourth-order valence-corrected chi connectivity index (χ4v) is 2.65. The number of nitrogens with one attached hydrogen (secondary N) is 2. The fraction of sp³-hybridized carbons (Fsp3) is 0.350. The second-order valence-electron chi connectivity index (χ2n) is 6.76. The van der Waals surface area contributed by atoms with Crippen molar-refractivity contribution in [1.82, 2.24) is 10.3 Å². The molecule has 1 aromatic carbocycles. The van der Waals surface area contributed by atoms with E-state index in [-0.39, 0.29) is 17.5 Å². The van der Waals surface area contributed by atoms with E-state index < -0.39 is 0 Å². The third-order valence-corrected chi connectivity index (χ3v) is 3.84. The van der Waals surface area contributed by atoms with Crippen molar-refractivity contribution in [3.8, 4) is 0 Å². The molecule has 2 N–H and O–H groups in total. The summed E-state index contributed by atoms with van der Waals surface area (Å²) < 4.78 is 0. The minimum Gasteiger partial charge on any atom is -0.352 e. The van der Waals surface area contributed by atoms with Gasteiger partial charge in [0.25, 0.3) is 11.8 Å². The highest BCUT2D eigenvalue weighted by atomic mass is 16.2. The molecule has 132 valence electrons. The molecular weight excluding hydrogens is 314 g/mol. The molecule has 0 saturated carbocycles. The lowest BCUT2D eigenvalue weighted by molar-refractivity contribution is 0.0949. The molecule has 0 spiro atoms. The third kappa shape index (κ3) is 4.89. The first-order valence-electron chi connectivity index (χ1n) is 8.41. The van der Waals surface area contributed by atoms with E-state index in [9.17, 15) is 9.59 Å². The number of carbonyl (C=O) groups is 2. The zero-order chi connectivity index (χ0) is 18.6. The number of benzene rings is 1. The molecule has 5 nitrogen and oxygen atoms in total. The van der Waals surface area contributed by atoms with Crippen LogP contribution in [-0.4, -0.2) is 23.3 Å². The van der Waals surface area contributed by atoms with Gasteiger partial charge in [-0.25, -0.2) is 0 Å². The Balaban J connectivity index is 2.18. The maximum atomic E-state index is 12.5. The summed E-state index contributed by atoms with van der Waals surface area (Å²) in [6.07, 6.45) is 1.48. The first-order valence-corrected chi connectivity index (χ1v) is 8.41. The molecule has 2 rings (SSSR count). The van der Waals surface area contributed by atoms with Crippen molar-refractivity contribution in [3.05, 3.63) is 58.4 Å². The van der Waals surface area contributed by atoms with Gasteiger partial charge in [-0.2, -0.15) is 0 Å². The Hall–Kier alpha value is -2.69. The van der Waals surface area contributed by atoms with Crippen molar-refractivity contribution in [2.45, 2.75) is 34.6 Å². The predicted octanol–water partition coefficient (Wildman–Crippen LogP) is 3.64. The van der Waals surface area contributed by atoms with Gasteiger partial charge in [-0.15, -0.1) is 0 Å². The lowest BCUT2D eigenvalue weighted by atomic mass is 10.0. The highest BCUT2D eigenvalue weighted by Crippen LogP contribution is 2.22. The first kappa shape index (κ1) is 18.6. The molecule has 0 unspecified atom stereocenters. The number of hydrogen-bond donors (Lipinski definition) is 2. The van der Waals surface area contributed by atoms with Crippen LogP contribution in [0, 0.1) is 26.7 Å². The zero-order valence-electron chi connectivity index (χ0n) is 15.4. The minimum absolute atomic E-state index is 0.201. The predicted molar refractivity (Wildman–Crippen MR) is 100 cm³/mol. The van der Waals surface area contributed by atoms with Gasteiger partial charge in [0.2, 0.25) is 0 Å². The van der Waals surface area contributed by atoms with E-state index in [1.165, 1.54) is 12.3 Å². The molecule has 25 heavy (non-hydrogen) atoms. The molecule has 1 aromatic heterocycles. The minimum atomic E-state index is -0.325. The van der Waals surface area contributed by atoms with Crippen LogP contribution in [0.2, 0.25) is 0 Å². The van der Waals surface area contributed by atoms with Crippen LogP contribution >= 0.6 is 0 Å². The first-order chi connectivity index (χ1) is 11.8. The smallest absolute Gasteiger partial charge is 0.274 e. The summed E-state index contributed by atoms with van der Waals surface area (Å²) in [4.78, 5) is 28.8. The van der Waals surface area contributed by atoms with Gasteiger partial charge >= 0.3 is 0 Å². The maximum Gasteiger partial charge on any atom is 0.274 e. The molecule has 0 aliphatic carbocycles. The number of rotatable bonds is 5. The number of anilines is 1.